The van der Waals surface area contributed by atoms with Gasteiger partial charge in [-0.15, -0.1) is 0 Å². The number of ether oxygens (including phenoxy) is 5. The fourth-order valence-corrected chi connectivity index (χ4v) is 4.07. The van der Waals surface area contributed by atoms with Crippen LogP contribution in [0.15, 0.2) is 30.3 Å². The molecule has 0 unspecified atom stereocenters. The maximum absolute atomic E-state index is 13.3. The summed E-state index contributed by atoms with van der Waals surface area (Å²) in [5, 5.41) is 1.37. The van der Waals surface area contributed by atoms with Crippen LogP contribution in [0.4, 0.5) is 0 Å². The van der Waals surface area contributed by atoms with E-state index >= 15 is 0 Å². The van der Waals surface area contributed by atoms with Crippen LogP contribution in [0.2, 0.25) is 0 Å². The summed E-state index contributed by atoms with van der Waals surface area (Å²) in [4.78, 5) is 18.1. The zero-order chi connectivity index (χ0) is 24.0. The van der Waals surface area contributed by atoms with E-state index in [1.54, 1.807) is 28.4 Å². The van der Waals surface area contributed by atoms with E-state index in [9.17, 15) is 4.79 Å². The highest BCUT2D eigenvalue weighted by atomic mass is 79.9. The van der Waals surface area contributed by atoms with Gasteiger partial charge in [0.15, 0.2) is 23.0 Å². The van der Waals surface area contributed by atoms with Gasteiger partial charge in [-0.3, -0.25) is 4.98 Å². The topological polar surface area (TPSA) is 76.1 Å². The van der Waals surface area contributed by atoms with Crippen molar-refractivity contribution in [1.29, 1.82) is 0 Å². The molecule has 176 valence electrons. The second-order valence-corrected chi connectivity index (χ2v) is 7.97. The number of carbonyl (C=O) groups excluding carboxylic acids is 1. The number of methoxy groups -OCH3 is 4. The third-order valence-corrected chi connectivity index (χ3v) is 5.61. The molecule has 0 aliphatic rings. The zero-order valence-corrected chi connectivity index (χ0v) is 21.1. The quantitative estimate of drug-likeness (QED) is 0.261. The molecule has 0 saturated heterocycles. The summed E-state index contributed by atoms with van der Waals surface area (Å²) >= 11 is 3.49. The number of aryl methyl sites for hydroxylation is 1. The van der Waals surface area contributed by atoms with Gasteiger partial charge >= 0.3 is 5.97 Å². The molecule has 0 aliphatic carbocycles. The molecule has 0 N–H and O–H groups in total. The first-order valence-electron chi connectivity index (χ1n) is 10.6. The van der Waals surface area contributed by atoms with Crippen molar-refractivity contribution < 1.29 is 28.5 Å². The van der Waals surface area contributed by atoms with Crippen LogP contribution in [0.1, 0.15) is 29.4 Å². The molecule has 2 aromatic carbocycles. The molecule has 7 nitrogen and oxygen atoms in total. The summed E-state index contributed by atoms with van der Waals surface area (Å²) in [5.41, 5.74) is 3.21. The van der Waals surface area contributed by atoms with E-state index < -0.39 is 5.97 Å². The van der Waals surface area contributed by atoms with E-state index in [-0.39, 0.29) is 0 Å². The standard InChI is InChI=1S/C25H28BrNO6/c1-6-11-33-25(28)24-17(9-10-26)27-18-14-22(32-5)21(31-4)13-16(18)23(24)15-7-8-19(29-2)20(12-15)30-3/h7-8,12-14H,6,9-11H2,1-5H3. The first-order chi connectivity index (χ1) is 16.0. The third-order valence-electron chi connectivity index (χ3n) is 5.21. The monoisotopic (exact) mass is 517 g/mol. The van der Waals surface area contributed by atoms with Gasteiger partial charge in [-0.25, -0.2) is 4.79 Å². The predicted molar refractivity (Wildman–Crippen MR) is 131 cm³/mol. The maximum Gasteiger partial charge on any atom is 0.340 e. The van der Waals surface area contributed by atoms with Gasteiger partial charge < -0.3 is 23.7 Å². The Hall–Kier alpha value is -3.00. The highest BCUT2D eigenvalue weighted by molar-refractivity contribution is 9.09. The molecule has 1 aromatic heterocycles. The number of hydrogen-bond acceptors (Lipinski definition) is 7. The minimum Gasteiger partial charge on any atom is -0.493 e. The number of aromatic nitrogens is 1. The number of pyridine rings is 1. The van der Waals surface area contributed by atoms with Gasteiger partial charge in [-0.1, -0.05) is 28.9 Å². The Morgan fingerprint density at radius 2 is 1.55 bits per heavy atom. The lowest BCUT2D eigenvalue weighted by molar-refractivity contribution is 0.0504. The van der Waals surface area contributed by atoms with Crippen LogP contribution in [-0.4, -0.2) is 51.3 Å². The SMILES string of the molecule is CCCOC(=O)c1c(CCBr)nc2cc(OC)c(OC)cc2c1-c1ccc(OC)c(OC)c1. The van der Waals surface area contributed by atoms with Crippen molar-refractivity contribution >= 4 is 32.8 Å². The lowest BCUT2D eigenvalue weighted by Crippen LogP contribution is -2.14. The van der Waals surface area contributed by atoms with E-state index in [0.717, 1.165) is 17.4 Å². The molecule has 0 fully saturated rings. The van der Waals surface area contributed by atoms with Gasteiger partial charge in [0.2, 0.25) is 0 Å². The molecule has 0 saturated carbocycles. The van der Waals surface area contributed by atoms with E-state index in [4.69, 9.17) is 28.7 Å². The molecule has 3 rings (SSSR count). The molecule has 0 atom stereocenters. The van der Waals surface area contributed by atoms with Crippen LogP contribution < -0.4 is 18.9 Å². The van der Waals surface area contributed by atoms with Crippen molar-refractivity contribution in [2.24, 2.45) is 0 Å². The number of esters is 1. The van der Waals surface area contributed by atoms with Crippen molar-refractivity contribution in [2.75, 3.05) is 40.4 Å². The van der Waals surface area contributed by atoms with Gasteiger partial charge in [0.05, 0.1) is 51.8 Å². The Balaban J connectivity index is 2.44. The average Bonchev–Trinajstić information content (AvgIpc) is 2.85. The average molecular weight is 518 g/mol. The fraction of sp³-hybridized carbons (Fsp3) is 0.360. The molecule has 1 heterocycles. The van der Waals surface area contributed by atoms with Gasteiger partial charge in [0.1, 0.15) is 0 Å². The normalized spacial score (nSPS) is 10.7. The third kappa shape index (κ3) is 5.00. The second kappa shape index (κ2) is 11.2. The van der Waals surface area contributed by atoms with Crippen LogP contribution in [0, 0.1) is 0 Å². The minimum atomic E-state index is -0.415. The Morgan fingerprint density at radius 1 is 0.909 bits per heavy atom. The van der Waals surface area contributed by atoms with Gasteiger partial charge in [-0.2, -0.15) is 0 Å². The van der Waals surface area contributed by atoms with E-state index in [1.165, 1.54) is 0 Å². The molecule has 8 heteroatoms. The lowest BCUT2D eigenvalue weighted by atomic mass is 9.92. The Morgan fingerprint density at radius 3 is 2.15 bits per heavy atom. The van der Waals surface area contributed by atoms with Crippen LogP contribution in [0.3, 0.4) is 0 Å². The van der Waals surface area contributed by atoms with Crippen molar-refractivity contribution in [3.05, 3.63) is 41.6 Å². The van der Waals surface area contributed by atoms with Gasteiger partial charge in [0, 0.05) is 28.8 Å². The number of benzene rings is 2. The lowest BCUT2D eigenvalue weighted by Gasteiger charge is -2.19. The molecule has 0 bridgehead atoms. The first kappa shape index (κ1) is 24.6. The number of alkyl halides is 1. The number of rotatable bonds is 10. The maximum atomic E-state index is 13.3. The number of nitrogens with zero attached hydrogens (tertiary/aromatic N) is 1. The molecular weight excluding hydrogens is 490 g/mol. The zero-order valence-electron chi connectivity index (χ0n) is 19.5. The molecule has 3 aromatic rings. The predicted octanol–water partition coefficient (Wildman–Crippen LogP) is 5.44. The molecule has 0 aliphatic heterocycles. The highest BCUT2D eigenvalue weighted by Gasteiger charge is 2.25. The number of hydrogen-bond donors (Lipinski definition) is 0. The summed E-state index contributed by atoms with van der Waals surface area (Å²) < 4.78 is 27.5. The summed E-state index contributed by atoms with van der Waals surface area (Å²) in [6.07, 6.45) is 1.26. The second-order valence-electron chi connectivity index (χ2n) is 7.18. The number of fused-ring (bicyclic) bond motifs is 1. The molecule has 0 amide bonds. The van der Waals surface area contributed by atoms with Gasteiger partial charge in [0.25, 0.3) is 0 Å². The molecule has 33 heavy (non-hydrogen) atoms. The van der Waals surface area contributed by atoms with Crippen LogP contribution in [0.25, 0.3) is 22.0 Å². The minimum absolute atomic E-state index is 0.321. The van der Waals surface area contributed by atoms with Crippen molar-refractivity contribution in [3.63, 3.8) is 0 Å². The highest BCUT2D eigenvalue weighted by Crippen LogP contribution is 2.42. The van der Waals surface area contributed by atoms with E-state index in [0.29, 0.717) is 63.7 Å². The van der Waals surface area contributed by atoms with Crippen molar-refractivity contribution in [1.82, 2.24) is 4.98 Å². The molecular formula is C25H28BrNO6. The molecule has 0 radical (unpaired) electrons. The smallest absolute Gasteiger partial charge is 0.340 e. The van der Waals surface area contributed by atoms with E-state index in [2.05, 4.69) is 15.9 Å². The first-order valence-corrected chi connectivity index (χ1v) is 11.7. The number of carbonyl (C=O) groups is 1. The molecule has 0 spiro atoms. The van der Waals surface area contributed by atoms with Crippen LogP contribution in [0.5, 0.6) is 23.0 Å². The number of halogens is 1. The largest absolute Gasteiger partial charge is 0.493 e. The van der Waals surface area contributed by atoms with Crippen LogP contribution in [-0.2, 0) is 11.2 Å². The summed E-state index contributed by atoms with van der Waals surface area (Å²) in [5.74, 6) is 1.82. The van der Waals surface area contributed by atoms with Gasteiger partial charge in [-0.05, 0) is 30.2 Å². The Labute approximate surface area is 202 Å². The summed E-state index contributed by atoms with van der Waals surface area (Å²) in [6, 6.07) is 9.20. The van der Waals surface area contributed by atoms with Crippen LogP contribution >= 0.6 is 15.9 Å². The summed E-state index contributed by atoms with van der Waals surface area (Å²) in [7, 11) is 6.31. The van der Waals surface area contributed by atoms with Crippen molar-refractivity contribution in [2.45, 2.75) is 19.8 Å². The Bertz CT molecular complexity index is 1150. The van der Waals surface area contributed by atoms with Crippen molar-refractivity contribution in [3.8, 4) is 34.1 Å². The Kier molecular flexibility index (Phi) is 8.38. The van der Waals surface area contributed by atoms with E-state index in [1.807, 2.05) is 37.3 Å². The summed E-state index contributed by atoms with van der Waals surface area (Å²) in [6.45, 7) is 2.28. The fourth-order valence-electron chi connectivity index (χ4n) is 3.69.